The van der Waals surface area contributed by atoms with Crippen molar-refractivity contribution in [3.63, 3.8) is 0 Å². The number of phenolic OH excluding ortho intramolecular Hbond substituents is 1. The van der Waals surface area contributed by atoms with Gasteiger partial charge in [0, 0.05) is 0 Å². The first kappa shape index (κ1) is 12.8. The number of fused-ring (bicyclic) bond motifs is 2. The lowest BCUT2D eigenvalue weighted by Gasteiger charge is -2.39. The molecule has 0 saturated heterocycles. The molecule has 0 amide bonds. The minimum absolute atomic E-state index is 0.235. The number of hydrogen-bond acceptors (Lipinski definition) is 2. The van der Waals surface area contributed by atoms with Crippen LogP contribution in [-0.4, -0.2) is 12.2 Å². The monoisotopic (exact) mass is 260 g/mol. The van der Waals surface area contributed by atoms with E-state index in [0.29, 0.717) is 22.5 Å². The Labute approximate surface area is 115 Å². The molecule has 0 heterocycles. The third kappa shape index (κ3) is 1.55. The fourth-order valence-electron chi connectivity index (χ4n) is 4.62. The molecule has 2 bridgehead atoms. The van der Waals surface area contributed by atoms with Gasteiger partial charge in [0.2, 0.25) is 0 Å². The summed E-state index contributed by atoms with van der Waals surface area (Å²) in [6, 6.07) is 5.88. The molecule has 1 aromatic carbocycles. The van der Waals surface area contributed by atoms with Crippen molar-refractivity contribution in [1.29, 1.82) is 0 Å². The molecule has 1 N–H and O–H groups in total. The Kier molecular flexibility index (Phi) is 2.64. The summed E-state index contributed by atoms with van der Waals surface area (Å²) in [4.78, 5) is 0. The van der Waals surface area contributed by atoms with Crippen LogP contribution in [0.2, 0.25) is 0 Å². The highest BCUT2D eigenvalue weighted by molar-refractivity contribution is 5.44. The van der Waals surface area contributed by atoms with E-state index in [1.807, 2.05) is 6.07 Å². The molecule has 1 aromatic rings. The number of ether oxygens (including phenoxy) is 1. The predicted octanol–water partition coefficient (Wildman–Crippen LogP) is 4.33. The molecular weight excluding hydrogens is 236 g/mol. The van der Waals surface area contributed by atoms with Crippen LogP contribution >= 0.6 is 0 Å². The Balaban J connectivity index is 2.01. The normalized spacial score (nSPS) is 35.6. The highest BCUT2D eigenvalue weighted by Gasteiger charge is 2.61. The molecule has 104 valence electrons. The number of rotatable bonds is 2. The minimum Gasteiger partial charge on any atom is -0.504 e. The Bertz CT molecular complexity index is 506. The van der Waals surface area contributed by atoms with Gasteiger partial charge in [0.25, 0.3) is 0 Å². The van der Waals surface area contributed by atoms with Gasteiger partial charge in [0.15, 0.2) is 11.5 Å². The van der Waals surface area contributed by atoms with Crippen LogP contribution in [0, 0.1) is 16.7 Å². The highest BCUT2D eigenvalue weighted by atomic mass is 16.5. The summed E-state index contributed by atoms with van der Waals surface area (Å²) in [6.07, 6.45) is 3.96. The maximum absolute atomic E-state index is 9.75. The summed E-state index contributed by atoms with van der Waals surface area (Å²) < 4.78 is 5.26. The van der Waals surface area contributed by atoms with E-state index < -0.39 is 0 Å². The van der Waals surface area contributed by atoms with Crippen LogP contribution in [0.15, 0.2) is 18.2 Å². The number of benzene rings is 1. The van der Waals surface area contributed by atoms with E-state index in [1.165, 1.54) is 24.8 Å². The molecule has 3 unspecified atom stereocenters. The maximum Gasteiger partial charge on any atom is 0.160 e. The average Bonchev–Trinajstić information content (AvgIpc) is 2.72. The number of phenols is 1. The third-order valence-electron chi connectivity index (χ3n) is 6.40. The Morgan fingerprint density at radius 2 is 2.00 bits per heavy atom. The summed E-state index contributed by atoms with van der Waals surface area (Å²) in [5.41, 5.74) is 2.12. The maximum atomic E-state index is 9.75. The van der Waals surface area contributed by atoms with Crippen LogP contribution in [0.1, 0.15) is 51.5 Å². The van der Waals surface area contributed by atoms with E-state index in [9.17, 15) is 5.11 Å². The molecule has 0 aliphatic heterocycles. The summed E-state index contributed by atoms with van der Waals surface area (Å²) in [5.74, 6) is 2.26. The summed E-state index contributed by atoms with van der Waals surface area (Å²) in [6.45, 7) is 7.31. The topological polar surface area (TPSA) is 29.5 Å². The van der Waals surface area contributed by atoms with Gasteiger partial charge in [-0.3, -0.25) is 0 Å². The van der Waals surface area contributed by atoms with Crippen molar-refractivity contribution in [2.24, 2.45) is 16.7 Å². The average molecular weight is 260 g/mol. The van der Waals surface area contributed by atoms with Gasteiger partial charge >= 0.3 is 0 Å². The van der Waals surface area contributed by atoms with Gasteiger partial charge in [-0.1, -0.05) is 26.8 Å². The smallest absolute Gasteiger partial charge is 0.160 e. The van der Waals surface area contributed by atoms with Gasteiger partial charge in [0.1, 0.15) is 0 Å². The standard InChI is InChI=1S/C17H24O2/c1-16(2)12-7-8-17(16,3)13(10-12)11-5-6-14(18)15(9-11)19-4/h5-6,9,12-13,18H,7-8,10H2,1-4H3. The lowest BCUT2D eigenvalue weighted by molar-refractivity contribution is 0.134. The van der Waals surface area contributed by atoms with Gasteiger partial charge in [-0.15, -0.1) is 0 Å². The van der Waals surface area contributed by atoms with E-state index in [4.69, 9.17) is 4.74 Å². The van der Waals surface area contributed by atoms with Crippen molar-refractivity contribution < 1.29 is 9.84 Å². The van der Waals surface area contributed by atoms with Gasteiger partial charge in [-0.05, 0) is 59.6 Å². The first-order chi connectivity index (χ1) is 8.90. The van der Waals surface area contributed by atoms with Gasteiger partial charge in [0.05, 0.1) is 7.11 Å². The molecule has 3 rings (SSSR count). The molecule has 0 aromatic heterocycles. The van der Waals surface area contributed by atoms with E-state index in [0.717, 1.165) is 5.92 Å². The summed E-state index contributed by atoms with van der Waals surface area (Å²) in [5, 5.41) is 9.75. The van der Waals surface area contributed by atoms with Gasteiger partial charge in [-0.25, -0.2) is 0 Å². The van der Waals surface area contributed by atoms with E-state index >= 15 is 0 Å². The van der Waals surface area contributed by atoms with Crippen molar-refractivity contribution >= 4 is 0 Å². The molecule has 19 heavy (non-hydrogen) atoms. The summed E-state index contributed by atoms with van der Waals surface area (Å²) in [7, 11) is 1.62. The zero-order valence-corrected chi connectivity index (χ0v) is 12.4. The largest absolute Gasteiger partial charge is 0.504 e. The van der Waals surface area contributed by atoms with Crippen LogP contribution in [0.3, 0.4) is 0 Å². The zero-order chi connectivity index (χ0) is 13.8. The molecule has 0 spiro atoms. The Morgan fingerprint density at radius 1 is 1.26 bits per heavy atom. The zero-order valence-electron chi connectivity index (χ0n) is 12.4. The molecule has 2 heteroatoms. The highest BCUT2D eigenvalue weighted by Crippen LogP contribution is 2.71. The number of aromatic hydroxyl groups is 1. The van der Waals surface area contributed by atoms with Crippen LogP contribution in [0.5, 0.6) is 11.5 Å². The fourth-order valence-corrected chi connectivity index (χ4v) is 4.62. The molecule has 2 aliphatic carbocycles. The van der Waals surface area contributed by atoms with E-state index in [1.54, 1.807) is 13.2 Å². The number of hydrogen-bond donors (Lipinski definition) is 1. The van der Waals surface area contributed by atoms with Crippen LogP contribution < -0.4 is 4.74 Å². The first-order valence-electron chi connectivity index (χ1n) is 7.27. The molecular formula is C17H24O2. The van der Waals surface area contributed by atoms with Crippen molar-refractivity contribution in [2.75, 3.05) is 7.11 Å². The predicted molar refractivity (Wildman–Crippen MR) is 76.6 cm³/mol. The first-order valence-corrected chi connectivity index (χ1v) is 7.27. The SMILES string of the molecule is COc1cc(C2CC3CCC2(C)C3(C)C)ccc1O. The quantitative estimate of drug-likeness (QED) is 0.857. The lowest BCUT2D eigenvalue weighted by atomic mass is 9.65. The van der Waals surface area contributed by atoms with Gasteiger partial charge < -0.3 is 9.84 Å². The molecule has 2 aliphatic rings. The molecule has 2 fully saturated rings. The second-order valence-corrected chi connectivity index (χ2v) is 7.09. The van der Waals surface area contributed by atoms with Crippen molar-refractivity contribution in [2.45, 2.75) is 46.0 Å². The van der Waals surface area contributed by atoms with Gasteiger partial charge in [-0.2, -0.15) is 0 Å². The van der Waals surface area contributed by atoms with Crippen LogP contribution in [0.25, 0.3) is 0 Å². The van der Waals surface area contributed by atoms with Crippen LogP contribution in [0.4, 0.5) is 0 Å². The second kappa shape index (κ2) is 3.91. The molecule has 2 nitrogen and oxygen atoms in total. The Morgan fingerprint density at radius 3 is 2.53 bits per heavy atom. The van der Waals surface area contributed by atoms with Crippen molar-refractivity contribution in [3.8, 4) is 11.5 Å². The van der Waals surface area contributed by atoms with E-state index in [-0.39, 0.29) is 5.75 Å². The molecule has 2 saturated carbocycles. The molecule has 3 atom stereocenters. The fraction of sp³-hybridized carbons (Fsp3) is 0.647. The third-order valence-corrected chi connectivity index (χ3v) is 6.40. The van der Waals surface area contributed by atoms with Crippen molar-refractivity contribution in [1.82, 2.24) is 0 Å². The van der Waals surface area contributed by atoms with Crippen molar-refractivity contribution in [3.05, 3.63) is 23.8 Å². The van der Waals surface area contributed by atoms with E-state index in [2.05, 4.69) is 26.8 Å². The Hall–Kier alpha value is -1.18. The summed E-state index contributed by atoms with van der Waals surface area (Å²) >= 11 is 0. The van der Waals surface area contributed by atoms with Crippen LogP contribution in [-0.2, 0) is 0 Å². The minimum atomic E-state index is 0.235. The second-order valence-electron chi connectivity index (χ2n) is 7.09. The lowest BCUT2D eigenvalue weighted by Crippen LogP contribution is -2.31. The number of methoxy groups -OCH3 is 1. The molecule has 0 radical (unpaired) electrons.